The molecule has 96 valence electrons. The molecule has 2 aromatic carbocycles. The van der Waals surface area contributed by atoms with Crippen LogP contribution < -0.4 is 4.74 Å². The Morgan fingerprint density at radius 1 is 1.16 bits per heavy atom. The van der Waals surface area contributed by atoms with Crippen molar-refractivity contribution in [1.82, 2.24) is 0 Å². The van der Waals surface area contributed by atoms with Crippen molar-refractivity contribution >= 4 is 28.6 Å². The van der Waals surface area contributed by atoms with Gasteiger partial charge in [0.25, 0.3) is 5.78 Å². The minimum absolute atomic E-state index is 0.591. The lowest BCUT2D eigenvalue weighted by atomic mass is 10.0. The van der Waals surface area contributed by atoms with Gasteiger partial charge >= 0.3 is 5.97 Å². The molecule has 19 heavy (non-hydrogen) atoms. The molecule has 4 heteroatoms. The van der Waals surface area contributed by atoms with Gasteiger partial charge in [0.15, 0.2) is 0 Å². The number of benzene rings is 2. The highest BCUT2D eigenvalue weighted by Gasteiger charge is 2.09. The highest BCUT2D eigenvalue weighted by Crippen LogP contribution is 2.29. The Hall–Kier alpha value is -2.62. The van der Waals surface area contributed by atoms with E-state index in [4.69, 9.17) is 9.84 Å². The number of carboxylic acids is 1. The average Bonchev–Trinajstić information content (AvgIpc) is 2.43. The van der Waals surface area contributed by atoms with E-state index in [1.54, 1.807) is 6.07 Å². The van der Waals surface area contributed by atoms with Gasteiger partial charge in [-0.1, -0.05) is 30.3 Å². The monoisotopic (exact) mass is 256 g/mol. The van der Waals surface area contributed by atoms with E-state index in [1.807, 2.05) is 30.3 Å². The van der Waals surface area contributed by atoms with E-state index in [-0.39, 0.29) is 0 Å². The topological polar surface area (TPSA) is 63.6 Å². The smallest absolute Gasteiger partial charge is 0.376 e. The fourth-order valence-corrected chi connectivity index (χ4v) is 1.86. The zero-order chi connectivity index (χ0) is 13.8. The quantitative estimate of drug-likeness (QED) is 0.674. The number of carboxylic acid groups (broad SMARTS) is 1. The van der Waals surface area contributed by atoms with Gasteiger partial charge in [-0.2, -0.15) is 0 Å². The molecule has 1 N–H and O–H groups in total. The number of ether oxygens (including phenoxy) is 1. The first-order valence-electron chi connectivity index (χ1n) is 5.64. The molecule has 2 aromatic rings. The lowest BCUT2D eigenvalue weighted by molar-refractivity contribution is -0.146. The molecule has 2 rings (SSSR count). The van der Waals surface area contributed by atoms with E-state index in [2.05, 4.69) is 0 Å². The summed E-state index contributed by atoms with van der Waals surface area (Å²) >= 11 is 0. The van der Waals surface area contributed by atoms with Crippen LogP contribution in [0.5, 0.6) is 5.75 Å². The van der Waals surface area contributed by atoms with Crippen molar-refractivity contribution in [3.8, 4) is 5.75 Å². The molecule has 0 aliphatic rings. The molecule has 0 aromatic heterocycles. The van der Waals surface area contributed by atoms with Crippen molar-refractivity contribution in [3.05, 3.63) is 48.0 Å². The van der Waals surface area contributed by atoms with Crippen LogP contribution in [-0.4, -0.2) is 24.0 Å². The molecule has 0 bridgehead atoms. The second-order valence-electron chi connectivity index (χ2n) is 3.91. The number of carbonyl (C=O) groups excluding carboxylic acids is 1. The van der Waals surface area contributed by atoms with Gasteiger partial charge in [-0.3, -0.25) is 4.79 Å². The maximum absolute atomic E-state index is 11.1. The van der Waals surface area contributed by atoms with Crippen LogP contribution in [-0.2, 0) is 9.59 Å². The largest absolute Gasteiger partial charge is 0.496 e. The van der Waals surface area contributed by atoms with E-state index in [0.29, 0.717) is 11.3 Å². The normalized spacial score (nSPS) is 10.8. The van der Waals surface area contributed by atoms with E-state index >= 15 is 0 Å². The summed E-state index contributed by atoms with van der Waals surface area (Å²) in [6, 6.07) is 11.3. The Morgan fingerprint density at radius 3 is 2.58 bits per heavy atom. The maximum Gasteiger partial charge on any atom is 0.376 e. The minimum atomic E-state index is -1.48. The van der Waals surface area contributed by atoms with Crippen LogP contribution in [0, 0.1) is 0 Å². The van der Waals surface area contributed by atoms with Gasteiger partial charge in [0.1, 0.15) is 5.75 Å². The van der Waals surface area contributed by atoms with Gasteiger partial charge in [-0.25, -0.2) is 4.79 Å². The summed E-state index contributed by atoms with van der Waals surface area (Å²) in [6.07, 6.45) is 2.50. The summed E-state index contributed by atoms with van der Waals surface area (Å²) in [4.78, 5) is 21.6. The molecule has 0 unspecified atom stereocenters. The van der Waals surface area contributed by atoms with Crippen molar-refractivity contribution in [3.63, 3.8) is 0 Å². The summed E-state index contributed by atoms with van der Waals surface area (Å²) in [6.45, 7) is 0. The van der Waals surface area contributed by atoms with Crippen LogP contribution in [0.15, 0.2) is 42.5 Å². The molecule has 0 saturated heterocycles. The summed E-state index contributed by atoms with van der Waals surface area (Å²) in [5, 5.41) is 10.5. The number of methoxy groups -OCH3 is 1. The van der Waals surface area contributed by atoms with Crippen LogP contribution in [0.4, 0.5) is 0 Å². The molecule has 0 fully saturated rings. The number of fused-ring (bicyclic) bond motifs is 1. The third-order valence-electron chi connectivity index (χ3n) is 2.76. The Labute approximate surface area is 109 Å². The molecule has 0 spiro atoms. The first-order chi connectivity index (χ1) is 9.13. The summed E-state index contributed by atoms with van der Waals surface area (Å²) in [7, 11) is 1.53. The predicted molar refractivity (Wildman–Crippen MR) is 72.2 cm³/mol. The van der Waals surface area contributed by atoms with Crippen LogP contribution in [0.2, 0.25) is 0 Å². The SMILES string of the molecule is COc1ccc2ccccc2c1/C=C/C(=O)C(=O)O. The molecular weight excluding hydrogens is 244 g/mol. The van der Waals surface area contributed by atoms with E-state index < -0.39 is 11.8 Å². The molecule has 0 aliphatic carbocycles. The van der Waals surface area contributed by atoms with Gasteiger partial charge < -0.3 is 9.84 Å². The lowest BCUT2D eigenvalue weighted by Crippen LogP contribution is -2.08. The first-order valence-corrected chi connectivity index (χ1v) is 5.64. The zero-order valence-electron chi connectivity index (χ0n) is 10.3. The maximum atomic E-state index is 11.1. The van der Waals surface area contributed by atoms with Crippen molar-refractivity contribution < 1.29 is 19.4 Å². The number of rotatable bonds is 4. The highest BCUT2D eigenvalue weighted by molar-refractivity contribution is 6.38. The van der Waals surface area contributed by atoms with Crippen molar-refractivity contribution in [2.24, 2.45) is 0 Å². The molecule has 0 atom stereocenters. The molecule has 0 heterocycles. The van der Waals surface area contributed by atoms with Gasteiger partial charge in [0.05, 0.1) is 7.11 Å². The number of carbonyl (C=O) groups is 2. The molecule has 0 radical (unpaired) electrons. The Balaban J connectivity index is 2.56. The second kappa shape index (κ2) is 5.35. The standard InChI is InChI=1S/C15H12O4/c1-19-14-9-6-10-4-2-3-5-11(10)12(14)7-8-13(16)15(17)18/h2-9H,1H3,(H,17,18)/b8-7+. The van der Waals surface area contributed by atoms with Gasteiger partial charge in [-0.15, -0.1) is 0 Å². The molecule has 0 amide bonds. The number of aliphatic carboxylic acids is 1. The van der Waals surface area contributed by atoms with E-state index in [9.17, 15) is 9.59 Å². The van der Waals surface area contributed by atoms with Crippen molar-refractivity contribution in [2.45, 2.75) is 0 Å². The number of hydrogen-bond donors (Lipinski definition) is 1. The van der Waals surface area contributed by atoms with Gasteiger partial charge in [0.2, 0.25) is 0 Å². The van der Waals surface area contributed by atoms with Crippen molar-refractivity contribution in [2.75, 3.05) is 7.11 Å². The fourth-order valence-electron chi connectivity index (χ4n) is 1.86. The van der Waals surface area contributed by atoms with Crippen LogP contribution in [0.1, 0.15) is 5.56 Å². The predicted octanol–water partition coefficient (Wildman–Crippen LogP) is 2.52. The lowest BCUT2D eigenvalue weighted by Gasteiger charge is -2.08. The van der Waals surface area contributed by atoms with Crippen molar-refractivity contribution in [1.29, 1.82) is 0 Å². The summed E-state index contributed by atoms with van der Waals surface area (Å²) in [5.41, 5.74) is 0.690. The molecular formula is C15H12O4. The third-order valence-corrected chi connectivity index (χ3v) is 2.76. The van der Waals surface area contributed by atoms with Gasteiger partial charge in [-0.05, 0) is 29.0 Å². The second-order valence-corrected chi connectivity index (χ2v) is 3.91. The summed E-state index contributed by atoms with van der Waals surface area (Å²) < 4.78 is 5.24. The number of hydrogen-bond acceptors (Lipinski definition) is 3. The first kappa shape index (κ1) is 12.8. The number of ketones is 1. The van der Waals surface area contributed by atoms with E-state index in [0.717, 1.165) is 16.8 Å². The van der Waals surface area contributed by atoms with Crippen LogP contribution in [0.3, 0.4) is 0 Å². The Bertz CT molecular complexity index is 671. The fraction of sp³-hybridized carbons (Fsp3) is 0.0667. The minimum Gasteiger partial charge on any atom is -0.496 e. The summed E-state index contributed by atoms with van der Waals surface area (Å²) in [5.74, 6) is -1.85. The molecule has 4 nitrogen and oxygen atoms in total. The molecule has 0 saturated carbocycles. The van der Waals surface area contributed by atoms with Crippen LogP contribution >= 0.6 is 0 Å². The Kier molecular flexibility index (Phi) is 3.61. The Morgan fingerprint density at radius 2 is 1.89 bits per heavy atom. The van der Waals surface area contributed by atoms with E-state index in [1.165, 1.54) is 13.2 Å². The zero-order valence-corrected chi connectivity index (χ0v) is 10.3. The molecule has 0 aliphatic heterocycles. The highest BCUT2D eigenvalue weighted by atomic mass is 16.5. The average molecular weight is 256 g/mol. The van der Waals surface area contributed by atoms with Crippen LogP contribution in [0.25, 0.3) is 16.8 Å². The van der Waals surface area contributed by atoms with Gasteiger partial charge in [0, 0.05) is 5.56 Å². The third kappa shape index (κ3) is 2.63.